The Hall–Kier alpha value is -3.55. The monoisotopic (exact) mass is 390 g/mol. The number of nitrogens with one attached hydrogen (secondary N) is 1. The summed E-state index contributed by atoms with van der Waals surface area (Å²) in [5.41, 5.74) is 3.38. The van der Waals surface area contributed by atoms with Gasteiger partial charge in [0.2, 0.25) is 11.7 Å². The van der Waals surface area contributed by atoms with Crippen LogP contribution in [0.4, 0.5) is 11.4 Å². The molecule has 29 heavy (non-hydrogen) atoms. The minimum atomic E-state index is -0.282. The Balaban J connectivity index is 1.56. The minimum absolute atomic E-state index is 0.0626. The predicted octanol–water partition coefficient (Wildman–Crippen LogP) is 2.67. The average Bonchev–Trinajstić information content (AvgIpc) is 3.12. The van der Waals surface area contributed by atoms with E-state index in [0.29, 0.717) is 17.2 Å². The van der Waals surface area contributed by atoms with Gasteiger partial charge in [-0.3, -0.25) is 9.59 Å². The van der Waals surface area contributed by atoms with Crippen molar-refractivity contribution in [2.24, 2.45) is 0 Å². The Labute approximate surface area is 168 Å². The topological polar surface area (TPSA) is 93.0 Å². The van der Waals surface area contributed by atoms with Crippen molar-refractivity contribution < 1.29 is 9.59 Å². The molecule has 0 radical (unpaired) electrons. The average molecular weight is 390 g/mol. The van der Waals surface area contributed by atoms with E-state index in [-0.39, 0.29) is 30.8 Å². The Morgan fingerprint density at radius 3 is 2.69 bits per heavy atom. The minimum Gasteiger partial charge on any atom is -0.324 e. The van der Waals surface area contributed by atoms with E-state index in [1.165, 1.54) is 10.4 Å². The van der Waals surface area contributed by atoms with E-state index in [0.717, 1.165) is 12.0 Å². The molecule has 0 saturated heterocycles. The number of hydrogen-bond acceptors (Lipinski definition) is 5. The molecule has 0 spiro atoms. The molecular weight excluding hydrogens is 368 g/mol. The molecule has 1 N–H and O–H groups in total. The van der Waals surface area contributed by atoms with Gasteiger partial charge >= 0.3 is 0 Å². The SMILES string of the molecule is CCc1ccc(-c2nnn(CC(=O)N3c4ccccc4NC(=O)C[C@@H]3C)n2)cc1. The van der Waals surface area contributed by atoms with E-state index in [2.05, 4.69) is 27.7 Å². The molecule has 148 valence electrons. The molecule has 8 nitrogen and oxygen atoms in total. The van der Waals surface area contributed by atoms with Crippen LogP contribution >= 0.6 is 0 Å². The van der Waals surface area contributed by atoms with Gasteiger partial charge in [0.05, 0.1) is 11.4 Å². The van der Waals surface area contributed by atoms with Crippen LogP contribution in [0.3, 0.4) is 0 Å². The second-order valence-electron chi connectivity index (χ2n) is 7.08. The molecule has 0 bridgehead atoms. The summed E-state index contributed by atoms with van der Waals surface area (Å²) in [6.07, 6.45) is 1.18. The third-order valence-electron chi connectivity index (χ3n) is 4.98. The summed E-state index contributed by atoms with van der Waals surface area (Å²) in [6.45, 7) is 3.89. The molecule has 2 aromatic carbocycles. The molecule has 4 rings (SSSR count). The molecule has 8 heteroatoms. The van der Waals surface area contributed by atoms with Gasteiger partial charge in [-0.05, 0) is 36.3 Å². The van der Waals surface area contributed by atoms with Crippen molar-refractivity contribution in [1.29, 1.82) is 0 Å². The van der Waals surface area contributed by atoms with Gasteiger partial charge in [0.25, 0.3) is 5.91 Å². The molecule has 1 aromatic heterocycles. The van der Waals surface area contributed by atoms with Gasteiger partial charge in [-0.15, -0.1) is 10.2 Å². The second-order valence-corrected chi connectivity index (χ2v) is 7.08. The first-order chi connectivity index (χ1) is 14.0. The molecule has 2 amide bonds. The zero-order chi connectivity index (χ0) is 20.4. The second kappa shape index (κ2) is 7.83. The molecule has 2 heterocycles. The number of para-hydroxylation sites is 2. The number of aryl methyl sites for hydroxylation is 1. The highest BCUT2D eigenvalue weighted by Crippen LogP contribution is 2.31. The zero-order valence-electron chi connectivity index (χ0n) is 16.4. The lowest BCUT2D eigenvalue weighted by Gasteiger charge is -2.27. The Morgan fingerprint density at radius 1 is 1.17 bits per heavy atom. The number of benzene rings is 2. The van der Waals surface area contributed by atoms with Crippen molar-refractivity contribution in [2.75, 3.05) is 10.2 Å². The Kier molecular flexibility index (Phi) is 5.07. The largest absolute Gasteiger partial charge is 0.324 e. The van der Waals surface area contributed by atoms with Gasteiger partial charge in [-0.1, -0.05) is 43.3 Å². The smallest absolute Gasteiger partial charge is 0.250 e. The van der Waals surface area contributed by atoms with Crippen LogP contribution in [0.25, 0.3) is 11.4 Å². The standard InChI is InChI=1S/C21H22N6O2/c1-3-15-8-10-16(11-9-15)21-23-25-26(24-21)13-20(29)27-14(2)12-19(28)22-17-6-4-5-7-18(17)27/h4-11,14H,3,12-13H2,1-2H3,(H,22,28)/t14-/m0/s1. The van der Waals surface area contributed by atoms with E-state index < -0.39 is 0 Å². The molecule has 1 aliphatic rings. The lowest BCUT2D eigenvalue weighted by atomic mass is 10.1. The summed E-state index contributed by atoms with van der Waals surface area (Å²) in [7, 11) is 0. The number of rotatable bonds is 4. The normalized spacial score (nSPS) is 16.1. The quantitative estimate of drug-likeness (QED) is 0.739. The van der Waals surface area contributed by atoms with Gasteiger partial charge in [0.1, 0.15) is 6.54 Å². The van der Waals surface area contributed by atoms with E-state index in [1.54, 1.807) is 11.0 Å². The molecular formula is C21H22N6O2. The van der Waals surface area contributed by atoms with Crippen LogP contribution < -0.4 is 10.2 Å². The van der Waals surface area contributed by atoms with E-state index in [9.17, 15) is 9.59 Å². The van der Waals surface area contributed by atoms with Gasteiger partial charge < -0.3 is 10.2 Å². The molecule has 1 atom stereocenters. The summed E-state index contributed by atoms with van der Waals surface area (Å²) in [5, 5.41) is 15.3. The number of carbonyl (C=O) groups excluding carboxylic acids is 2. The summed E-state index contributed by atoms with van der Waals surface area (Å²) >= 11 is 0. The number of aromatic nitrogens is 4. The van der Waals surface area contributed by atoms with Gasteiger partial charge in [0, 0.05) is 18.0 Å². The third-order valence-corrected chi connectivity index (χ3v) is 4.98. The van der Waals surface area contributed by atoms with Crippen molar-refractivity contribution in [1.82, 2.24) is 20.2 Å². The van der Waals surface area contributed by atoms with Crippen molar-refractivity contribution in [3.63, 3.8) is 0 Å². The lowest BCUT2D eigenvalue weighted by molar-refractivity contribution is -0.120. The number of tetrazole rings is 1. The number of anilines is 2. The van der Waals surface area contributed by atoms with Crippen LogP contribution in [0.15, 0.2) is 48.5 Å². The maximum atomic E-state index is 13.1. The molecule has 0 aliphatic carbocycles. The summed E-state index contributed by atoms with van der Waals surface area (Å²) < 4.78 is 0. The number of hydrogen-bond donors (Lipinski definition) is 1. The molecule has 3 aromatic rings. The Bertz CT molecular complexity index is 1040. The van der Waals surface area contributed by atoms with Crippen LogP contribution in [0.1, 0.15) is 25.8 Å². The summed E-state index contributed by atoms with van der Waals surface area (Å²) in [6, 6.07) is 15.0. The molecule has 1 aliphatic heterocycles. The van der Waals surface area contributed by atoms with Crippen LogP contribution in [0.5, 0.6) is 0 Å². The fraction of sp³-hybridized carbons (Fsp3) is 0.286. The maximum Gasteiger partial charge on any atom is 0.250 e. The first-order valence-electron chi connectivity index (χ1n) is 9.63. The summed E-state index contributed by atoms with van der Waals surface area (Å²) in [4.78, 5) is 28.1. The highest BCUT2D eigenvalue weighted by Gasteiger charge is 2.30. The van der Waals surface area contributed by atoms with E-state index in [1.807, 2.05) is 49.4 Å². The van der Waals surface area contributed by atoms with Crippen LogP contribution in [0.2, 0.25) is 0 Å². The number of fused-ring (bicyclic) bond motifs is 1. The number of amides is 2. The van der Waals surface area contributed by atoms with Crippen LogP contribution in [0, 0.1) is 0 Å². The van der Waals surface area contributed by atoms with Crippen molar-refractivity contribution >= 4 is 23.2 Å². The molecule has 0 fully saturated rings. The molecule has 0 saturated carbocycles. The molecule has 0 unspecified atom stereocenters. The van der Waals surface area contributed by atoms with E-state index in [4.69, 9.17) is 0 Å². The van der Waals surface area contributed by atoms with Gasteiger partial charge in [-0.25, -0.2) is 0 Å². The van der Waals surface area contributed by atoms with Crippen LogP contribution in [-0.4, -0.2) is 38.1 Å². The first kappa shape index (κ1) is 18.8. The van der Waals surface area contributed by atoms with Gasteiger partial charge in [-0.2, -0.15) is 4.80 Å². The Morgan fingerprint density at radius 2 is 1.93 bits per heavy atom. The zero-order valence-corrected chi connectivity index (χ0v) is 16.4. The van der Waals surface area contributed by atoms with Crippen molar-refractivity contribution in [2.45, 2.75) is 39.3 Å². The predicted molar refractivity (Wildman–Crippen MR) is 109 cm³/mol. The fourth-order valence-electron chi connectivity index (χ4n) is 3.48. The maximum absolute atomic E-state index is 13.1. The number of carbonyl (C=O) groups is 2. The summed E-state index contributed by atoms with van der Waals surface area (Å²) in [5.74, 6) is 0.158. The fourth-order valence-corrected chi connectivity index (χ4v) is 3.48. The lowest BCUT2D eigenvalue weighted by Crippen LogP contribution is -2.41. The third kappa shape index (κ3) is 3.87. The first-order valence-corrected chi connectivity index (χ1v) is 9.63. The highest BCUT2D eigenvalue weighted by atomic mass is 16.2. The highest BCUT2D eigenvalue weighted by molar-refractivity contribution is 6.04. The van der Waals surface area contributed by atoms with Crippen molar-refractivity contribution in [3.8, 4) is 11.4 Å². The van der Waals surface area contributed by atoms with Crippen LogP contribution in [-0.2, 0) is 22.6 Å². The number of nitrogens with zero attached hydrogens (tertiary/aromatic N) is 5. The van der Waals surface area contributed by atoms with Crippen molar-refractivity contribution in [3.05, 3.63) is 54.1 Å². The van der Waals surface area contributed by atoms with E-state index >= 15 is 0 Å². The van der Waals surface area contributed by atoms with Gasteiger partial charge in [0.15, 0.2) is 0 Å².